The maximum Gasteiger partial charge on any atom is 0.118 e. The molecule has 0 amide bonds. The molecule has 1 aliphatic heterocycles. The molecule has 57 heavy (non-hydrogen) atoms. The molecule has 0 N–H and O–H groups in total. The Morgan fingerprint density at radius 2 is 1.25 bits per heavy atom. The van der Waals surface area contributed by atoms with Crippen molar-refractivity contribution in [2.45, 2.75) is 57.4 Å². The SMILES string of the molecule is COCCOCCN1CC2C3=C4C5C6=C(C3)CC3CC7CC8CC9CC%10CC%11CC2(C2C4C4C5C5C(C63)C7C3C8C9C6C%10C(C4C6C35)C%112)C1c1ccc(OC)cc1. The average molecular weight is 762 g/mol. The van der Waals surface area contributed by atoms with Crippen LogP contribution < -0.4 is 4.74 Å². The zero-order valence-corrected chi connectivity index (χ0v) is 34.3. The van der Waals surface area contributed by atoms with Crippen LogP contribution in [0.4, 0.5) is 0 Å². The van der Waals surface area contributed by atoms with Gasteiger partial charge in [0.15, 0.2) is 0 Å². The minimum absolute atomic E-state index is 0.378. The van der Waals surface area contributed by atoms with Crippen molar-refractivity contribution in [2.24, 2.45) is 159 Å². The van der Waals surface area contributed by atoms with Crippen LogP contribution in [0.5, 0.6) is 5.75 Å². The summed E-state index contributed by atoms with van der Waals surface area (Å²) >= 11 is 0. The summed E-state index contributed by atoms with van der Waals surface area (Å²) < 4.78 is 17.7. The highest BCUT2D eigenvalue weighted by molar-refractivity contribution is 5.56. The van der Waals surface area contributed by atoms with Gasteiger partial charge in [0.1, 0.15) is 5.75 Å². The van der Waals surface area contributed by atoms with Crippen molar-refractivity contribution in [3.8, 4) is 5.75 Å². The van der Waals surface area contributed by atoms with Crippen molar-refractivity contribution >= 4 is 0 Å². The molecule has 18 rings (SSSR count). The van der Waals surface area contributed by atoms with Gasteiger partial charge in [-0.25, -0.2) is 0 Å². The van der Waals surface area contributed by atoms with E-state index in [2.05, 4.69) is 51.5 Å². The molecule has 1 heterocycles. The van der Waals surface area contributed by atoms with E-state index in [1.54, 1.807) is 44.1 Å². The second-order valence-electron chi connectivity index (χ2n) is 25.0. The monoisotopic (exact) mass is 761 g/mol. The highest BCUT2D eigenvalue weighted by atomic mass is 16.5. The number of nitrogens with zero attached hydrogens (tertiary/aromatic N) is 1. The summed E-state index contributed by atoms with van der Waals surface area (Å²) in [6.45, 7) is 4.58. The summed E-state index contributed by atoms with van der Waals surface area (Å²) in [5.74, 6) is 28.7. The van der Waals surface area contributed by atoms with E-state index in [1.165, 1.54) is 25.3 Å². The van der Waals surface area contributed by atoms with Crippen LogP contribution in [0.2, 0.25) is 0 Å². The van der Waals surface area contributed by atoms with Crippen LogP contribution in [0.1, 0.15) is 63.0 Å². The van der Waals surface area contributed by atoms with Crippen molar-refractivity contribution in [1.29, 1.82) is 0 Å². The van der Waals surface area contributed by atoms with Crippen molar-refractivity contribution in [1.82, 2.24) is 4.90 Å². The largest absolute Gasteiger partial charge is 0.497 e. The predicted molar refractivity (Wildman–Crippen MR) is 214 cm³/mol. The molecule has 17 aliphatic rings. The Bertz CT molecular complexity index is 2140. The molecule has 0 radical (unpaired) electrons. The van der Waals surface area contributed by atoms with Gasteiger partial charge in [-0.3, -0.25) is 4.90 Å². The van der Waals surface area contributed by atoms with Crippen molar-refractivity contribution in [3.63, 3.8) is 0 Å². The maximum absolute atomic E-state index is 6.38. The van der Waals surface area contributed by atoms with Crippen LogP contribution in [0.25, 0.3) is 0 Å². The van der Waals surface area contributed by atoms with E-state index in [9.17, 15) is 0 Å². The lowest BCUT2D eigenvalue weighted by Crippen LogP contribution is -2.59. The topological polar surface area (TPSA) is 30.9 Å². The predicted octanol–water partition coefficient (Wildman–Crippen LogP) is 8.65. The fraction of sp³-hybridized carbons (Fsp3) is 0.811. The molecule has 1 aromatic carbocycles. The van der Waals surface area contributed by atoms with Gasteiger partial charge in [-0.1, -0.05) is 34.4 Å². The van der Waals surface area contributed by atoms with E-state index >= 15 is 0 Å². The summed E-state index contributed by atoms with van der Waals surface area (Å²) in [5, 5.41) is 0. The highest BCUT2D eigenvalue weighted by Gasteiger charge is 2.88. The van der Waals surface area contributed by atoms with Crippen molar-refractivity contribution in [3.05, 3.63) is 52.1 Å². The maximum atomic E-state index is 6.38. The van der Waals surface area contributed by atoms with Gasteiger partial charge in [-0.15, -0.1) is 0 Å². The third-order valence-corrected chi connectivity index (χ3v) is 25.3. The molecule has 16 aliphatic carbocycles. The molecule has 28 atom stereocenters. The number of ether oxygens (including phenoxy) is 3. The third-order valence-electron chi connectivity index (χ3n) is 25.3. The van der Waals surface area contributed by atoms with E-state index < -0.39 is 0 Å². The summed E-state index contributed by atoms with van der Waals surface area (Å²) in [4.78, 5) is 3.05. The first-order valence-corrected chi connectivity index (χ1v) is 25.1. The zero-order valence-electron chi connectivity index (χ0n) is 34.3. The first-order valence-electron chi connectivity index (χ1n) is 25.1. The number of hydrogen-bond donors (Lipinski definition) is 0. The van der Waals surface area contributed by atoms with Gasteiger partial charge in [-0.05, 0) is 211 Å². The Morgan fingerprint density at radius 1 is 0.614 bits per heavy atom. The van der Waals surface area contributed by atoms with Gasteiger partial charge in [0.25, 0.3) is 0 Å². The Labute approximate surface area is 339 Å². The Balaban J connectivity index is 0.903. The summed E-state index contributed by atoms with van der Waals surface area (Å²) in [5.41, 5.74) is 10.6. The highest BCUT2D eigenvalue weighted by Crippen LogP contribution is 2.93. The van der Waals surface area contributed by atoms with E-state index in [-0.39, 0.29) is 0 Å². The smallest absolute Gasteiger partial charge is 0.118 e. The minimum atomic E-state index is 0.378. The molecule has 298 valence electrons. The van der Waals surface area contributed by atoms with E-state index in [1.807, 2.05) is 14.2 Å². The number of hydrogen-bond acceptors (Lipinski definition) is 4. The van der Waals surface area contributed by atoms with Crippen LogP contribution in [-0.2, 0) is 9.47 Å². The second kappa shape index (κ2) is 9.70. The van der Waals surface area contributed by atoms with Crippen molar-refractivity contribution < 1.29 is 14.2 Å². The van der Waals surface area contributed by atoms with Gasteiger partial charge in [-0.2, -0.15) is 0 Å². The number of rotatable bonds is 8. The van der Waals surface area contributed by atoms with Gasteiger partial charge in [0, 0.05) is 43.5 Å². The molecular formula is C53H63NO3. The van der Waals surface area contributed by atoms with Gasteiger partial charge in [0.05, 0.1) is 26.9 Å². The Morgan fingerprint density at radius 3 is 2.00 bits per heavy atom. The second-order valence-corrected chi connectivity index (χ2v) is 25.0. The lowest BCUT2D eigenvalue weighted by Gasteiger charge is -2.62. The number of benzene rings is 1. The standard InChI is InChI=1S/C53H63NO3/c1-55-9-10-57-8-7-54-19-30-29-17-26-15-23-13-24-12-21-11-22-14-25-16-27-18-53(30,52(54)20-3-5-28(56-2)6-4-20)51-37(27)42-36(25)41-32(22)31(21)39-35(24)40-33(23)34(26)43-38(29)50(51)49-47(42)45(41)44(39)46(40)48(43)49/h3-6,21-25,27,30-33,35-37,39-52H,7-19H2,1-2H3. The lowest BCUT2D eigenvalue weighted by molar-refractivity contribution is -0.149. The van der Waals surface area contributed by atoms with Crippen molar-refractivity contribution in [2.75, 3.05) is 47.1 Å². The quantitative estimate of drug-likeness (QED) is 0.196. The first-order chi connectivity index (χ1) is 28.2. The molecule has 28 unspecified atom stereocenters. The molecule has 1 saturated heterocycles. The molecular weight excluding hydrogens is 699 g/mol. The number of methoxy groups -OCH3 is 2. The molecule has 1 aromatic rings. The molecule has 13 saturated carbocycles. The molecule has 4 nitrogen and oxygen atoms in total. The Hall–Kier alpha value is -1.62. The molecule has 0 aromatic heterocycles. The molecule has 4 heteroatoms. The fourth-order valence-corrected chi connectivity index (χ4v) is 26.4. The van der Waals surface area contributed by atoms with Crippen LogP contribution in [0.3, 0.4) is 0 Å². The van der Waals surface area contributed by atoms with Crippen LogP contribution in [-0.4, -0.2) is 52.0 Å². The molecule has 1 spiro atoms. The van der Waals surface area contributed by atoms with Gasteiger partial charge in [0.2, 0.25) is 0 Å². The lowest BCUT2D eigenvalue weighted by atomic mass is 9.41. The fourth-order valence-electron chi connectivity index (χ4n) is 26.4. The summed E-state index contributed by atoms with van der Waals surface area (Å²) in [6, 6.07) is 10.2. The van der Waals surface area contributed by atoms with E-state index in [0.717, 1.165) is 167 Å². The van der Waals surface area contributed by atoms with Crippen LogP contribution in [0.15, 0.2) is 46.6 Å². The van der Waals surface area contributed by atoms with Crippen LogP contribution >= 0.6 is 0 Å². The Kier molecular flexibility index (Phi) is 5.32. The van der Waals surface area contributed by atoms with E-state index in [0.29, 0.717) is 24.7 Å². The first kappa shape index (κ1) is 31.3. The molecule has 14 fully saturated rings. The summed E-state index contributed by atoms with van der Waals surface area (Å²) in [7, 11) is 3.67. The normalized spacial score (nSPS) is 64.5. The molecule has 0 bridgehead atoms. The number of fused-ring (bicyclic) bond motifs is 1. The van der Waals surface area contributed by atoms with Gasteiger partial charge >= 0.3 is 0 Å². The zero-order chi connectivity index (χ0) is 36.3. The summed E-state index contributed by atoms with van der Waals surface area (Å²) in [6.07, 6.45) is 12.8. The van der Waals surface area contributed by atoms with Gasteiger partial charge < -0.3 is 14.2 Å². The van der Waals surface area contributed by atoms with Crippen LogP contribution in [0, 0.1) is 159 Å². The number of likely N-dealkylation sites (tertiary alicyclic amines) is 1. The number of allylic oxidation sites excluding steroid dienone is 3. The minimum Gasteiger partial charge on any atom is -0.497 e. The third kappa shape index (κ3) is 2.96. The van der Waals surface area contributed by atoms with E-state index in [4.69, 9.17) is 14.2 Å². The average Bonchev–Trinajstić information content (AvgIpc) is 4.08.